The van der Waals surface area contributed by atoms with Crippen molar-refractivity contribution in [2.45, 2.75) is 32.2 Å². The number of pyridine rings is 2. The fourth-order valence-electron chi connectivity index (χ4n) is 3.67. The monoisotopic (exact) mass is 404 g/mol. The molecule has 7 heteroatoms. The zero-order valence-corrected chi connectivity index (χ0v) is 18.9. The minimum absolute atomic E-state index is 0. The van der Waals surface area contributed by atoms with Crippen molar-refractivity contribution >= 4 is 11.5 Å². The molecule has 2 N–H and O–H groups in total. The first-order valence-corrected chi connectivity index (χ1v) is 8.81. The zero-order chi connectivity index (χ0) is 19.3. The summed E-state index contributed by atoms with van der Waals surface area (Å²) >= 11 is 0. The molecular formula is C21H18FKN2O3. The molecule has 0 radical (unpaired) electrons. The van der Waals surface area contributed by atoms with Crippen LogP contribution in [0.1, 0.15) is 45.8 Å². The molecule has 2 aromatic heterocycles. The zero-order valence-electron chi connectivity index (χ0n) is 15.8. The summed E-state index contributed by atoms with van der Waals surface area (Å²) < 4.78 is 16.1. The third kappa shape index (κ3) is 3.63. The van der Waals surface area contributed by atoms with Gasteiger partial charge in [0.05, 0.1) is 17.0 Å². The average Bonchev–Trinajstić information content (AvgIpc) is 3.48. The van der Waals surface area contributed by atoms with Crippen LogP contribution >= 0.6 is 0 Å². The number of benzene rings is 1. The van der Waals surface area contributed by atoms with Crippen LogP contribution in [0.3, 0.4) is 0 Å². The van der Waals surface area contributed by atoms with E-state index in [0.717, 1.165) is 34.6 Å². The van der Waals surface area contributed by atoms with Crippen LogP contribution in [0.25, 0.3) is 16.6 Å². The van der Waals surface area contributed by atoms with Gasteiger partial charge < -0.3 is 15.6 Å². The van der Waals surface area contributed by atoms with Gasteiger partial charge in [0.15, 0.2) is 0 Å². The summed E-state index contributed by atoms with van der Waals surface area (Å²) in [6, 6.07) is 8.68. The molecule has 1 aliphatic rings. The molecular weight excluding hydrogens is 386 g/mol. The largest absolute Gasteiger partial charge is 1.00 e. The van der Waals surface area contributed by atoms with Crippen molar-refractivity contribution in [3.05, 3.63) is 75.0 Å². The number of carbonyl (C=O) groups is 1. The third-order valence-electron chi connectivity index (χ3n) is 5.19. The molecule has 0 bridgehead atoms. The smallest absolute Gasteiger partial charge is 0.545 e. The van der Waals surface area contributed by atoms with E-state index < -0.39 is 22.9 Å². The second-order valence-corrected chi connectivity index (χ2v) is 6.98. The van der Waals surface area contributed by atoms with E-state index in [4.69, 9.17) is 5.73 Å². The molecule has 4 rings (SSSR count). The van der Waals surface area contributed by atoms with Crippen LogP contribution in [-0.2, 0) is 6.54 Å². The van der Waals surface area contributed by atoms with Crippen LogP contribution in [0.4, 0.5) is 4.39 Å². The van der Waals surface area contributed by atoms with Gasteiger partial charge in [-0.25, -0.2) is 4.39 Å². The van der Waals surface area contributed by atoms with Crippen molar-refractivity contribution in [1.29, 1.82) is 0 Å². The van der Waals surface area contributed by atoms with Gasteiger partial charge in [0, 0.05) is 18.3 Å². The maximum atomic E-state index is 15.0. The molecule has 0 saturated heterocycles. The number of fused-ring (bicyclic) bond motifs is 1. The normalized spacial score (nSPS) is 13.4. The SMILES string of the molecule is Cc1c(-c2ccc(CN)cc2)c(F)cn2c(=O)c(C(=O)[O-])cc(C3CC3)c12.[K+]. The Labute approximate surface area is 203 Å². The summed E-state index contributed by atoms with van der Waals surface area (Å²) in [5.41, 5.74) is 8.37. The number of carboxylic acid groups (broad SMARTS) is 1. The van der Waals surface area contributed by atoms with E-state index in [2.05, 4.69) is 0 Å². The quantitative estimate of drug-likeness (QED) is 0.572. The van der Waals surface area contributed by atoms with Crippen LogP contribution in [0, 0.1) is 12.7 Å². The Kier molecular flexibility index (Phi) is 6.24. The standard InChI is InChI=1S/C21H19FN2O3.K/c1-11-18(14-4-2-12(9-23)3-5-14)17(22)10-24-19(11)15(13-6-7-13)8-16(20(24)25)21(26)27;/h2-5,8,10,13H,6-7,9,23H2,1H3,(H,26,27);/q;+1/p-1. The minimum Gasteiger partial charge on any atom is -0.545 e. The Hall–Kier alpha value is -1.35. The van der Waals surface area contributed by atoms with Gasteiger partial charge in [0.25, 0.3) is 5.56 Å². The van der Waals surface area contributed by atoms with E-state index >= 15 is 0 Å². The number of nitrogens with two attached hydrogens (primary N) is 1. The summed E-state index contributed by atoms with van der Waals surface area (Å²) in [6.45, 7) is 2.15. The number of halogens is 1. The molecule has 1 aliphatic carbocycles. The molecule has 0 unspecified atom stereocenters. The molecule has 3 aromatic rings. The molecule has 28 heavy (non-hydrogen) atoms. The number of nitrogens with zero attached hydrogens (tertiary/aromatic N) is 1. The second-order valence-electron chi connectivity index (χ2n) is 6.98. The molecule has 5 nitrogen and oxygen atoms in total. The molecule has 2 heterocycles. The van der Waals surface area contributed by atoms with Gasteiger partial charge in [0.1, 0.15) is 5.82 Å². The van der Waals surface area contributed by atoms with Gasteiger partial charge in [0.2, 0.25) is 0 Å². The number of aryl methyl sites for hydroxylation is 1. The summed E-state index contributed by atoms with van der Waals surface area (Å²) in [5.74, 6) is -1.95. The molecule has 0 amide bonds. The van der Waals surface area contributed by atoms with Gasteiger partial charge in [-0.15, -0.1) is 0 Å². The average molecular weight is 404 g/mol. The molecule has 0 spiro atoms. The predicted octanol–water partition coefficient (Wildman–Crippen LogP) is -0.882. The maximum Gasteiger partial charge on any atom is 1.00 e. The van der Waals surface area contributed by atoms with Crippen molar-refractivity contribution in [3.8, 4) is 11.1 Å². The summed E-state index contributed by atoms with van der Waals surface area (Å²) in [5, 5.41) is 11.4. The Bertz CT molecular complexity index is 1140. The van der Waals surface area contributed by atoms with Gasteiger partial charge in [-0.1, -0.05) is 24.3 Å². The molecule has 1 aromatic carbocycles. The third-order valence-corrected chi connectivity index (χ3v) is 5.19. The fraction of sp³-hybridized carbons (Fsp3) is 0.238. The Morgan fingerprint density at radius 2 is 1.93 bits per heavy atom. The van der Waals surface area contributed by atoms with Crippen LogP contribution < -0.4 is 67.8 Å². The number of carbonyl (C=O) groups excluding carboxylic acids is 1. The van der Waals surface area contributed by atoms with Crippen LogP contribution in [0.15, 0.2) is 41.3 Å². The van der Waals surface area contributed by atoms with E-state index in [0.29, 0.717) is 28.8 Å². The summed E-state index contributed by atoms with van der Waals surface area (Å²) in [4.78, 5) is 23.9. The maximum absolute atomic E-state index is 15.0. The van der Waals surface area contributed by atoms with Gasteiger partial charge >= 0.3 is 51.4 Å². The molecule has 1 saturated carbocycles. The molecule has 0 atom stereocenters. The van der Waals surface area contributed by atoms with Gasteiger partial charge in [-0.2, -0.15) is 0 Å². The number of rotatable bonds is 4. The van der Waals surface area contributed by atoms with Crippen LogP contribution in [0.2, 0.25) is 0 Å². The Morgan fingerprint density at radius 1 is 1.29 bits per heavy atom. The summed E-state index contributed by atoms with van der Waals surface area (Å²) in [7, 11) is 0. The summed E-state index contributed by atoms with van der Waals surface area (Å²) in [6.07, 6.45) is 2.91. The molecule has 1 fully saturated rings. The minimum atomic E-state index is -1.55. The van der Waals surface area contributed by atoms with Crippen molar-refractivity contribution in [3.63, 3.8) is 0 Å². The van der Waals surface area contributed by atoms with Crippen LogP contribution in [-0.4, -0.2) is 10.4 Å². The van der Waals surface area contributed by atoms with Crippen molar-refractivity contribution in [1.82, 2.24) is 4.40 Å². The van der Waals surface area contributed by atoms with E-state index in [-0.39, 0.29) is 57.3 Å². The second kappa shape index (κ2) is 8.18. The van der Waals surface area contributed by atoms with Crippen molar-refractivity contribution < 1.29 is 65.7 Å². The Morgan fingerprint density at radius 3 is 2.46 bits per heavy atom. The molecule has 0 aliphatic heterocycles. The number of hydrogen-bond acceptors (Lipinski definition) is 4. The van der Waals surface area contributed by atoms with E-state index in [1.165, 1.54) is 6.07 Å². The Balaban J connectivity index is 0.00000225. The first kappa shape index (κ1) is 21.4. The first-order chi connectivity index (χ1) is 12.9. The van der Waals surface area contributed by atoms with E-state index in [9.17, 15) is 19.1 Å². The van der Waals surface area contributed by atoms with Crippen molar-refractivity contribution in [2.75, 3.05) is 0 Å². The van der Waals surface area contributed by atoms with E-state index in [1.807, 2.05) is 12.1 Å². The number of aromatic carboxylic acids is 1. The van der Waals surface area contributed by atoms with Gasteiger partial charge in [-0.05, 0) is 54.0 Å². The number of aromatic nitrogens is 1. The van der Waals surface area contributed by atoms with Crippen LogP contribution in [0.5, 0.6) is 0 Å². The fourth-order valence-corrected chi connectivity index (χ4v) is 3.67. The van der Waals surface area contributed by atoms with Gasteiger partial charge in [-0.3, -0.25) is 9.20 Å². The van der Waals surface area contributed by atoms with Crippen molar-refractivity contribution in [2.24, 2.45) is 5.73 Å². The topological polar surface area (TPSA) is 87.6 Å². The predicted molar refractivity (Wildman–Crippen MR) is 98.0 cm³/mol. The van der Waals surface area contributed by atoms with E-state index in [1.54, 1.807) is 19.1 Å². The number of carboxylic acids is 1. The number of hydrogen-bond donors (Lipinski definition) is 1. The molecule has 138 valence electrons. The first-order valence-electron chi connectivity index (χ1n) is 8.81.